The van der Waals surface area contributed by atoms with Crippen molar-refractivity contribution in [2.45, 2.75) is 6.61 Å². The zero-order chi connectivity index (χ0) is 18.6. The largest absolute Gasteiger partial charge is 0.496 e. The number of rotatable bonds is 6. The molecule has 2 heterocycles. The van der Waals surface area contributed by atoms with Gasteiger partial charge in [0, 0.05) is 16.7 Å². The van der Waals surface area contributed by atoms with Gasteiger partial charge in [0.1, 0.15) is 23.9 Å². The van der Waals surface area contributed by atoms with Gasteiger partial charge in [-0.05, 0) is 41.3 Å². The molecule has 0 unspecified atom stereocenters. The minimum Gasteiger partial charge on any atom is -0.496 e. The van der Waals surface area contributed by atoms with Crippen LogP contribution in [0.4, 0.5) is 0 Å². The molecule has 0 saturated heterocycles. The van der Waals surface area contributed by atoms with Gasteiger partial charge in [0.05, 0.1) is 23.9 Å². The molecule has 0 fully saturated rings. The number of halogens is 1. The summed E-state index contributed by atoms with van der Waals surface area (Å²) in [6, 6.07) is 17.4. The number of aromatic nitrogens is 2. The molecule has 136 valence electrons. The summed E-state index contributed by atoms with van der Waals surface area (Å²) in [5.74, 6) is 2.32. The molecule has 0 spiro atoms. The number of nitrogens with one attached hydrogen (secondary N) is 1. The lowest BCUT2D eigenvalue weighted by Crippen LogP contribution is -1.96. The number of ether oxygens (including phenoxy) is 2. The van der Waals surface area contributed by atoms with Crippen LogP contribution < -0.4 is 9.47 Å². The fraction of sp³-hybridized carbons (Fsp3) is 0.0952. The molecule has 27 heavy (non-hydrogen) atoms. The van der Waals surface area contributed by atoms with Crippen molar-refractivity contribution < 1.29 is 9.47 Å². The Labute approximate surface area is 166 Å². The van der Waals surface area contributed by atoms with E-state index in [0.717, 1.165) is 39.0 Å². The van der Waals surface area contributed by atoms with Crippen LogP contribution in [0.15, 0.2) is 66.2 Å². The lowest BCUT2D eigenvalue weighted by atomic mass is 10.1. The van der Waals surface area contributed by atoms with Crippen LogP contribution in [-0.4, -0.2) is 17.1 Å². The van der Waals surface area contributed by atoms with Crippen LogP contribution in [0.1, 0.15) is 5.56 Å². The third-order valence-corrected chi connectivity index (χ3v) is 5.24. The maximum atomic E-state index is 5.91. The fourth-order valence-corrected chi connectivity index (χ4v) is 3.53. The molecule has 2 aromatic carbocycles. The number of nitrogens with zero attached hydrogens (tertiary/aromatic N) is 1. The molecule has 2 aromatic heterocycles. The highest BCUT2D eigenvalue weighted by Gasteiger charge is 2.12. The Morgan fingerprint density at radius 1 is 1.11 bits per heavy atom. The van der Waals surface area contributed by atoms with E-state index < -0.39 is 0 Å². The van der Waals surface area contributed by atoms with Crippen LogP contribution >= 0.6 is 22.9 Å². The molecule has 0 saturated carbocycles. The summed E-state index contributed by atoms with van der Waals surface area (Å²) in [4.78, 5) is 8.93. The van der Waals surface area contributed by atoms with Gasteiger partial charge in [-0.15, -0.1) is 11.3 Å². The van der Waals surface area contributed by atoms with Gasteiger partial charge in [-0.1, -0.05) is 29.8 Å². The fourth-order valence-electron chi connectivity index (χ4n) is 2.73. The van der Waals surface area contributed by atoms with Gasteiger partial charge in [-0.25, -0.2) is 4.98 Å². The van der Waals surface area contributed by atoms with Gasteiger partial charge >= 0.3 is 0 Å². The van der Waals surface area contributed by atoms with Crippen molar-refractivity contribution in [3.8, 4) is 33.5 Å². The number of benzene rings is 2. The Bertz CT molecular complexity index is 1030. The number of H-pyrrole nitrogens is 1. The molecule has 0 bridgehead atoms. The van der Waals surface area contributed by atoms with Crippen LogP contribution in [0.2, 0.25) is 5.02 Å². The number of imidazole rings is 1. The van der Waals surface area contributed by atoms with Gasteiger partial charge in [0.15, 0.2) is 0 Å². The van der Waals surface area contributed by atoms with Crippen LogP contribution in [0.3, 0.4) is 0 Å². The molecule has 0 aliphatic heterocycles. The van der Waals surface area contributed by atoms with Crippen molar-refractivity contribution in [3.63, 3.8) is 0 Å². The third kappa shape index (κ3) is 3.99. The molecular weight excluding hydrogens is 380 g/mol. The van der Waals surface area contributed by atoms with E-state index in [4.69, 9.17) is 21.1 Å². The summed E-state index contributed by atoms with van der Waals surface area (Å²) < 4.78 is 11.4. The second-order valence-corrected chi connectivity index (χ2v) is 7.28. The second kappa shape index (κ2) is 7.86. The summed E-state index contributed by atoms with van der Waals surface area (Å²) in [5, 5.41) is 2.75. The Hall–Kier alpha value is -2.76. The summed E-state index contributed by atoms with van der Waals surface area (Å²) in [5.41, 5.74) is 2.89. The van der Waals surface area contributed by atoms with Crippen LogP contribution in [-0.2, 0) is 6.61 Å². The summed E-state index contributed by atoms with van der Waals surface area (Å²) in [7, 11) is 1.65. The molecule has 6 heteroatoms. The molecule has 4 aromatic rings. The Morgan fingerprint density at radius 2 is 1.96 bits per heavy atom. The molecule has 0 aliphatic rings. The van der Waals surface area contributed by atoms with Gasteiger partial charge in [0.2, 0.25) is 0 Å². The molecule has 0 amide bonds. The van der Waals surface area contributed by atoms with E-state index in [1.165, 1.54) is 0 Å². The third-order valence-electron chi connectivity index (χ3n) is 4.11. The first-order chi connectivity index (χ1) is 13.2. The molecule has 4 rings (SSSR count). The highest BCUT2D eigenvalue weighted by molar-refractivity contribution is 7.13. The molecule has 0 atom stereocenters. The highest BCUT2D eigenvalue weighted by Crippen LogP contribution is 2.34. The van der Waals surface area contributed by atoms with E-state index in [9.17, 15) is 0 Å². The van der Waals surface area contributed by atoms with E-state index in [-0.39, 0.29) is 0 Å². The summed E-state index contributed by atoms with van der Waals surface area (Å²) in [6.07, 6.45) is 1.82. The molecule has 1 N–H and O–H groups in total. The van der Waals surface area contributed by atoms with Crippen LogP contribution in [0.25, 0.3) is 22.0 Å². The van der Waals surface area contributed by atoms with E-state index in [2.05, 4.69) is 9.97 Å². The van der Waals surface area contributed by atoms with Crippen molar-refractivity contribution in [1.82, 2.24) is 9.97 Å². The Kier molecular flexibility index (Phi) is 5.14. The maximum absolute atomic E-state index is 5.91. The standard InChI is InChI=1S/C21H17ClN2O2S/c1-25-19-11-16(26-13-14-4-6-15(22)7-5-14)8-9-17(19)18-12-23-21(24-18)20-3-2-10-27-20/h2-12H,13H2,1H3,(H,23,24). The highest BCUT2D eigenvalue weighted by atomic mass is 35.5. The zero-order valence-corrected chi connectivity index (χ0v) is 16.2. The Balaban J connectivity index is 1.53. The van der Waals surface area contributed by atoms with E-state index in [1.54, 1.807) is 18.4 Å². The number of hydrogen-bond donors (Lipinski definition) is 1. The van der Waals surface area contributed by atoms with Gasteiger partial charge in [-0.3, -0.25) is 0 Å². The van der Waals surface area contributed by atoms with Gasteiger partial charge < -0.3 is 14.5 Å². The number of thiophene rings is 1. The van der Waals surface area contributed by atoms with Crippen molar-refractivity contribution in [2.75, 3.05) is 7.11 Å². The van der Waals surface area contributed by atoms with Crippen molar-refractivity contribution >= 4 is 22.9 Å². The van der Waals surface area contributed by atoms with Crippen LogP contribution in [0, 0.1) is 0 Å². The average Bonchev–Trinajstić information content (AvgIpc) is 3.39. The molecule has 0 aliphatic carbocycles. The Morgan fingerprint density at radius 3 is 2.70 bits per heavy atom. The summed E-state index contributed by atoms with van der Waals surface area (Å²) in [6.45, 7) is 0.465. The average molecular weight is 397 g/mol. The SMILES string of the molecule is COc1cc(OCc2ccc(Cl)cc2)ccc1-c1cnc(-c2cccs2)[nH]1. The summed E-state index contributed by atoms with van der Waals surface area (Å²) >= 11 is 7.56. The predicted octanol–water partition coefficient (Wildman–Crippen LogP) is 6.05. The van der Waals surface area contributed by atoms with Gasteiger partial charge in [-0.2, -0.15) is 0 Å². The van der Waals surface area contributed by atoms with Crippen LogP contribution in [0.5, 0.6) is 11.5 Å². The second-order valence-electron chi connectivity index (χ2n) is 5.90. The van der Waals surface area contributed by atoms with Crippen molar-refractivity contribution in [3.05, 3.63) is 76.8 Å². The van der Waals surface area contributed by atoms with Crippen molar-refractivity contribution in [2.24, 2.45) is 0 Å². The molecule has 0 radical (unpaired) electrons. The smallest absolute Gasteiger partial charge is 0.147 e. The number of methoxy groups -OCH3 is 1. The first-order valence-electron chi connectivity index (χ1n) is 8.37. The predicted molar refractivity (Wildman–Crippen MR) is 110 cm³/mol. The van der Waals surface area contributed by atoms with E-state index in [0.29, 0.717) is 11.6 Å². The quantitative estimate of drug-likeness (QED) is 0.431. The minimum absolute atomic E-state index is 0.465. The first-order valence-corrected chi connectivity index (χ1v) is 9.63. The van der Waals surface area contributed by atoms with Crippen molar-refractivity contribution in [1.29, 1.82) is 0 Å². The molecular formula is C21H17ClN2O2S. The lowest BCUT2D eigenvalue weighted by Gasteiger charge is -2.11. The van der Waals surface area contributed by atoms with Gasteiger partial charge in [0.25, 0.3) is 0 Å². The normalized spacial score (nSPS) is 10.7. The zero-order valence-electron chi connectivity index (χ0n) is 14.6. The minimum atomic E-state index is 0.465. The first kappa shape index (κ1) is 17.6. The topological polar surface area (TPSA) is 47.1 Å². The molecule has 4 nitrogen and oxygen atoms in total. The number of hydrogen-bond acceptors (Lipinski definition) is 4. The number of aromatic amines is 1. The van der Waals surface area contributed by atoms with E-state index >= 15 is 0 Å². The monoisotopic (exact) mass is 396 g/mol. The maximum Gasteiger partial charge on any atom is 0.147 e. The lowest BCUT2D eigenvalue weighted by molar-refractivity contribution is 0.304. The van der Waals surface area contributed by atoms with E-state index in [1.807, 2.05) is 66.2 Å².